The Morgan fingerprint density at radius 2 is 2.11 bits per heavy atom. The molecule has 1 fully saturated rings. The molecule has 2 heterocycles. The number of imidazole rings is 1. The number of pyridine rings is 1. The molecular weight excluding hydrogens is 460 g/mol. The molecular formula is C24H25F2N5O4. The number of benzene rings is 1. The van der Waals surface area contributed by atoms with Crippen molar-refractivity contribution in [2.24, 2.45) is 0 Å². The second-order valence-electron chi connectivity index (χ2n) is 8.16. The third kappa shape index (κ3) is 5.78. The lowest BCUT2D eigenvalue weighted by Gasteiger charge is -2.16. The van der Waals surface area contributed by atoms with E-state index in [1.54, 1.807) is 35.0 Å². The van der Waals surface area contributed by atoms with Gasteiger partial charge in [-0.1, -0.05) is 0 Å². The van der Waals surface area contributed by atoms with Crippen molar-refractivity contribution < 1.29 is 27.8 Å². The molecule has 0 saturated heterocycles. The minimum atomic E-state index is -3.11. The summed E-state index contributed by atoms with van der Waals surface area (Å²) in [4.78, 5) is 19.0. The maximum Gasteiger partial charge on any atom is 0.387 e. The number of nitrogens with zero attached hydrogens (tertiary/aromatic N) is 4. The van der Waals surface area contributed by atoms with E-state index < -0.39 is 12.5 Å². The van der Waals surface area contributed by atoms with E-state index >= 15 is 0 Å². The van der Waals surface area contributed by atoms with Crippen LogP contribution in [0, 0.1) is 11.3 Å². The summed E-state index contributed by atoms with van der Waals surface area (Å²) in [5.41, 5.74) is 1.58. The molecule has 0 radical (unpaired) electrons. The highest BCUT2D eigenvalue weighted by Crippen LogP contribution is 2.37. The van der Waals surface area contributed by atoms with Crippen LogP contribution in [-0.2, 0) is 0 Å². The summed E-state index contributed by atoms with van der Waals surface area (Å²) in [6.07, 6.45) is 5.03. The van der Waals surface area contributed by atoms with E-state index in [4.69, 9.17) is 19.5 Å². The highest BCUT2D eigenvalue weighted by Gasteiger charge is 2.29. The number of methoxy groups -OCH3 is 1. The topological polar surface area (TPSA) is 101 Å². The number of carbonyl (C=O) groups is 1. The summed E-state index contributed by atoms with van der Waals surface area (Å²) in [5.74, 6) is -0.0742. The molecule has 1 amide bonds. The molecule has 2 aromatic heterocycles. The van der Waals surface area contributed by atoms with Gasteiger partial charge in [0.2, 0.25) is 0 Å². The number of hydrogen-bond donors (Lipinski definition) is 1. The van der Waals surface area contributed by atoms with Gasteiger partial charge in [0.15, 0.2) is 0 Å². The minimum absolute atomic E-state index is 0.0354. The van der Waals surface area contributed by atoms with E-state index in [1.807, 2.05) is 11.9 Å². The average Bonchev–Trinajstić information content (AvgIpc) is 3.53. The third-order valence-corrected chi connectivity index (χ3v) is 5.50. The molecule has 1 N–H and O–H groups in total. The number of aromatic nitrogens is 2. The van der Waals surface area contributed by atoms with Gasteiger partial charge in [-0.05, 0) is 38.1 Å². The Balaban J connectivity index is 1.63. The average molecular weight is 485 g/mol. The second-order valence-corrected chi connectivity index (χ2v) is 8.16. The molecule has 1 aromatic carbocycles. The predicted molar refractivity (Wildman–Crippen MR) is 123 cm³/mol. The number of alkyl halides is 2. The van der Waals surface area contributed by atoms with Crippen LogP contribution in [0.1, 0.15) is 23.2 Å². The van der Waals surface area contributed by atoms with Crippen LogP contribution in [0.3, 0.4) is 0 Å². The lowest BCUT2D eigenvalue weighted by atomic mass is 10.1. The van der Waals surface area contributed by atoms with Crippen LogP contribution < -0.4 is 19.5 Å². The van der Waals surface area contributed by atoms with Crippen molar-refractivity contribution in [2.75, 3.05) is 33.9 Å². The van der Waals surface area contributed by atoms with Crippen molar-refractivity contribution in [3.05, 3.63) is 42.2 Å². The normalized spacial score (nSPS) is 13.2. The van der Waals surface area contributed by atoms with Crippen LogP contribution in [-0.4, -0.2) is 66.7 Å². The standard InChI is InChI=1S/C24H25F2N5O4/c1-30(8-6-27)9-10-34-17-5-7-31-18(14-28-21(31)13-17)15-11-19(33-2)22(20(12-15)35-24(25)26)23(32)29-16-3-4-16/h5,7,11-14,16,24H,3-4,8-10H2,1-2H3,(H,29,32). The van der Waals surface area contributed by atoms with Gasteiger partial charge < -0.3 is 19.5 Å². The number of carbonyl (C=O) groups excluding carboxylic acids is 1. The van der Waals surface area contributed by atoms with Gasteiger partial charge in [0.25, 0.3) is 5.91 Å². The molecule has 184 valence electrons. The molecule has 0 bridgehead atoms. The van der Waals surface area contributed by atoms with Crippen LogP contribution in [0.4, 0.5) is 8.78 Å². The Labute approximate surface area is 200 Å². The van der Waals surface area contributed by atoms with E-state index in [9.17, 15) is 13.6 Å². The van der Waals surface area contributed by atoms with Gasteiger partial charge in [-0.2, -0.15) is 14.0 Å². The first-order chi connectivity index (χ1) is 16.9. The van der Waals surface area contributed by atoms with Gasteiger partial charge in [-0.25, -0.2) is 4.98 Å². The van der Waals surface area contributed by atoms with Crippen LogP contribution in [0.2, 0.25) is 0 Å². The highest BCUT2D eigenvalue weighted by atomic mass is 19.3. The van der Waals surface area contributed by atoms with Crippen LogP contribution in [0.5, 0.6) is 17.2 Å². The van der Waals surface area contributed by atoms with Gasteiger partial charge in [0, 0.05) is 30.4 Å². The Morgan fingerprint density at radius 3 is 2.80 bits per heavy atom. The number of nitrogens with one attached hydrogen (secondary N) is 1. The van der Waals surface area contributed by atoms with Gasteiger partial charge in [-0.15, -0.1) is 0 Å². The number of amides is 1. The second kappa shape index (κ2) is 10.6. The van der Waals surface area contributed by atoms with E-state index in [0.29, 0.717) is 42.4 Å². The highest BCUT2D eigenvalue weighted by molar-refractivity contribution is 6.01. The summed E-state index contributed by atoms with van der Waals surface area (Å²) >= 11 is 0. The maximum atomic E-state index is 13.2. The quantitative estimate of drug-likeness (QED) is 0.416. The van der Waals surface area contributed by atoms with Crippen molar-refractivity contribution >= 4 is 11.6 Å². The number of ether oxygens (including phenoxy) is 3. The lowest BCUT2D eigenvalue weighted by Crippen LogP contribution is -2.26. The molecule has 0 aliphatic heterocycles. The number of fused-ring (bicyclic) bond motifs is 1. The number of halogens is 2. The summed E-state index contributed by atoms with van der Waals surface area (Å²) < 4.78 is 44.0. The first-order valence-corrected chi connectivity index (χ1v) is 11.0. The smallest absolute Gasteiger partial charge is 0.387 e. The SMILES string of the molecule is COc1cc(-c2cnc3cc(OCCN(C)CC#N)ccn23)cc(OC(F)F)c1C(=O)NC1CC1. The monoisotopic (exact) mass is 485 g/mol. The van der Waals surface area contributed by atoms with Crippen LogP contribution >= 0.6 is 0 Å². The summed E-state index contributed by atoms with van der Waals surface area (Å²) in [5, 5.41) is 11.5. The molecule has 3 aromatic rings. The third-order valence-electron chi connectivity index (χ3n) is 5.50. The molecule has 35 heavy (non-hydrogen) atoms. The molecule has 9 nitrogen and oxygen atoms in total. The van der Waals surface area contributed by atoms with Gasteiger partial charge >= 0.3 is 6.61 Å². The molecule has 11 heteroatoms. The molecule has 0 atom stereocenters. The van der Waals surface area contributed by atoms with E-state index in [1.165, 1.54) is 13.2 Å². The Morgan fingerprint density at radius 1 is 1.34 bits per heavy atom. The van der Waals surface area contributed by atoms with Gasteiger partial charge in [0.1, 0.15) is 35.1 Å². The first-order valence-electron chi connectivity index (χ1n) is 11.0. The number of rotatable bonds is 11. The Bertz CT molecular complexity index is 1250. The molecule has 0 spiro atoms. The van der Waals surface area contributed by atoms with Crippen molar-refractivity contribution in [3.8, 4) is 34.6 Å². The van der Waals surface area contributed by atoms with Gasteiger partial charge in [0.05, 0.1) is 31.6 Å². The fourth-order valence-electron chi connectivity index (χ4n) is 3.58. The van der Waals surface area contributed by atoms with Gasteiger partial charge in [-0.3, -0.25) is 14.1 Å². The Hall–Kier alpha value is -3.91. The van der Waals surface area contributed by atoms with Crippen molar-refractivity contribution in [1.82, 2.24) is 19.6 Å². The zero-order valence-electron chi connectivity index (χ0n) is 19.3. The van der Waals surface area contributed by atoms with Crippen molar-refractivity contribution in [3.63, 3.8) is 0 Å². The molecule has 1 aliphatic carbocycles. The fourth-order valence-corrected chi connectivity index (χ4v) is 3.58. The molecule has 1 saturated carbocycles. The van der Waals surface area contributed by atoms with Crippen molar-refractivity contribution in [1.29, 1.82) is 5.26 Å². The van der Waals surface area contributed by atoms with E-state index in [0.717, 1.165) is 12.8 Å². The minimum Gasteiger partial charge on any atom is -0.496 e. The predicted octanol–water partition coefficient (Wildman–Crippen LogP) is 3.34. The summed E-state index contributed by atoms with van der Waals surface area (Å²) in [7, 11) is 3.20. The fraction of sp³-hybridized carbons (Fsp3) is 0.375. The lowest BCUT2D eigenvalue weighted by molar-refractivity contribution is -0.0502. The molecule has 4 rings (SSSR count). The van der Waals surface area contributed by atoms with E-state index in [-0.39, 0.29) is 23.1 Å². The first kappa shape index (κ1) is 24.2. The van der Waals surface area contributed by atoms with Crippen LogP contribution in [0.25, 0.3) is 16.9 Å². The number of hydrogen-bond acceptors (Lipinski definition) is 7. The summed E-state index contributed by atoms with van der Waals surface area (Å²) in [6, 6.07) is 8.60. The zero-order valence-corrected chi connectivity index (χ0v) is 19.3. The molecule has 0 unspecified atom stereocenters. The maximum absolute atomic E-state index is 13.2. The van der Waals surface area contributed by atoms with Crippen molar-refractivity contribution in [2.45, 2.75) is 25.5 Å². The Kier molecular flexibility index (Phi) is 7.31. The zero-order chi connectivity index (χ0) is 24.9. The van der Waals surface area contributed by atoms with Crippen LogP contribution in [0.15, 0.2) is 36.7 Å². The number of nitriles is 1. The summed E-state index contributed by atoms with van der Waals surface area (Å²) in [6.45, 7) is -1.81. The van der Waals surface area contributed by atoms with E-state index in [2.05, 4.69) is 16.4 Å². The largest absolute Gasteiger partial charge is 0.496 e. The molecule has 1 aliphatic rings. The number of likely N-dealkylation sites (N-methyl/N-ethyl adjacent to an activating group) is 1.